The Morgan fingerprint density at radius 3 is 2.06 bits per heavy atom. The zero-order valence-corrected chi connectivity index (χ0v) is 9.13. The summed E-state index contributed by atoms with van der Waals surface area (Å²) in [7, 11) is 0. The second-order valence-corrected chi connectivity index (χ2v) is 3.81. The lowest BCUT2D eigenvalue weighted by Crippen LogP contribution is -2.03. The van der Waals surface area contributed by atoms with E-state index in [1.807, 2.05) is 30.3 Å². The number of hydrogen-bond donors (Lipinski definition) is 1. The molecule has 0 amide bonds. The van der Waals surface area contributed by atoms with Crippen molar-refractivity contribution < 1.29 is 6.48 Å². The van der Waals surface area contributed by atoms with Gasteiger partial charge in [0.15, 0.2) is 0 Å². The minimum atomic E-state index is 0.169. The number of hydrogen-bond acceptors (Lipinski definition) is 1. The van der Waals surface area contributed by atoms with Gasteiger partial charge in [-0.3, -0.25) is 0 Å². The molecule has 1 atom stereocenters. The van der Waals surface area contributed by atoms with Crippen LogP contribution in [0.2, 0.25) is 0 Å². The lowest BCUT2D eigenvalue weighted by Gasteiger charge is -2.16. The maximum absolute atomic E-state index is 9.18. The fourth-order valence-corrected chi connectivity index (χ4v) is 1.97. The van der Waals surface area contributed by atoms with Gasteiger partial charge in [-0.1, -0.05) is 60.6 Å². The average Bonchev–Trinajstić information content (AvgIpc) is 2.38. The summed E-state index contributed by atoms with van der Waals surface area (Å²) in [5.74, 6) is 0.210. The van der Waals surface area contributed by atoms with E-state index in [0.717, 1.165) is 5.56 Å². The highest BCUT2D eigenvalue weighted by molar-refractivity contribution is 5.32. The quantitative estimate of drug-likeness (QED) is 0.828. The van der Waals surface area contributed by atoms with E-state index in [2.05, 4.69) is 12.1 Å². The summed E-state index contributed by atoms with van der Waals surface area (Å²) in [5.41, 5.74) is 2.36. The van der Waals surface area contributed by atoms with Crippen molar-refractivity contribution >= 4 is 0 Å². The Bertz CT molecular complexity index is 450. The molecule has 0 aliphatic heterocycles. The van der Waals surface area contributed by atoms with Crippen LogP contribution in [0, 0.1) is 0 Å². The van der Waals surface area contributed by atoms with E-state index in [9.17, 15) is 5.11 Å². The topological polar surface area (TPSA) is 20.2 Å². The minimum Gasteiger partial charge on any atom is -0.396 e. The highest BCUT2D eigenvalue weighted by Crippen LogP contribution is 2.27. The Hall–Kier alpha value is -1.60. The third kappa shape index (κ3) is 2.50. The SMILES string of the molecule is [3H]c1ccc(C(CCO)c2ccccc2)cc1. The van der Waals surface area contributed by atoms with Crippen molar-refractivity contribution in [2.24, 2.45) is 0 Å². The van der Waals surface area contributed by atoms with Crippen LogP contribution in [0.4, 0.5) is 0 Å². The molecular formula is C15H16O. The molecule has 0 aliphatic carbocycles. The molecule has 0 radical (unpaired) electrons. The van der Waals surface area contributed by atoms with E-state index >= 15 is 0 Å². The van der Waals surface area contributed by atoms with Crippen LogP contribution in [0.25, 0.3) is 0 Å². The summed E-state index contributed by atoms with van der Waals surface area (Å²) in [4.78, 5) is 0. The molecule has 0 bridgehead atoms. The molecule has 2 aromatic rings. The molecule has 1 nitrogen and oxygen atoms in total. The average molecular weight is 214 g/mol. The smallest absolute Gasteiger partial charge is 0.0623 e. The van der Waals surface area contributed by atoms with E-state index in [1.54, 1.807) is 12.1 Å². The number of benzene rings is 2. The molecule has 1 heteroatoms. The Kier molecular flexibility index (Phi) is 3.29. The molecular weight excluding hydrogens is 196 g/mol. The molecule has 82 valence electrons. The largest absolute Gasteiger partial charge is 0.396 e. The maximum Gasteiger partial charge on any atom is 0.0623 e. The molecule has 2 rings (SSSR count). The standard InChI is InChI=1S/C15H16O/c16-12-11-15(13-7-3-1-4-8-13)14-9-5-2-6-10-14/h1-10,15-16H,11-12H2/i1T. The summed E-state index contributed by atoms with van der Waals surface area (Å²) in [5, 5.41) is 9.18. The van der Waals surface area contributed by atoms with Crippen LogP contribution in [-0.2, 0) is 0 Å². The van der Waals surface area contributed by atoms with Crippen LogP contribution in [0.1, 0.15) is 24.8 Å². The van der Waals surface area contributed by atoms with Gasteiger partial charge in [-0.15, -0.1) is 0 Å². The summed E-state index contributed by atoms with van der Waals surface area (Å²) in [6.45, 7) is 0.169. The van der Waals surface area contributed by atoms with Gasteiger partial charge in [-0.05, 0) is 17.5 Å². The first-order chi connectivity index (χ1) is 8.31. The first-order valence-electron chi connectivity index (χ1n) is 6.03. The lowest BCUT2D eigenvalue weighted by molar-refractivity contribution is 0.281. The van der Waals surface area contributed by atoms with Gasteiger partial charge in [0.25, 0.3) is 0 Å². The van der Waals surface area contributed by atoms with Crippen LogP contribution in [0.3, 0.4) is 0 Å². The van der Waals surface area contributed by atoms with Gasteiger partial charge in [-0.25, -0.2) is 0 Å². The van der Waals surface area contributed by atoms with Crippen molar-refractivity contribution in [3.05, 3.63) is 71.8 Å². The monoisotopic (exact) mass is 214 g/mol. The first-order valence-corrected chi connectivity index (χ1v) is 5.53. The van der Waals surface area contributed by atoms with Crippen molar-refractivity contribution in [1.82, 2.24) is 0 Å². The maximum atomic E-state index is 9.18. The number of aliphatic hydroxyl groups is 1. The van der Waals surface area contributed by atoms with Crippen molar-refractivity contribution in [2.45, 2.75) is 12.3 Å². The van der Waals surface area contributed by atoms with Gasteiger partial charge in [-0.2, -0.15) is 0 Å². The van der Waals surface area contributed by atoms with Crippen LogP contribution >= 0.6 is 0 Å². The molecule has 0 aliphatic rings. The van der Waals surface area contributed by atoms with E-state index in [-0.39, 0.29) is 12.5 Å². The van der Waals surface area contributed by atoms with Crippen LogP contribution in [0.15, 0.2) is 60.6 Å². The second kappa shape index (κ2) is 5.47. The van der Waals surface area contributed by atoms with Gasteiger partial charge in [0.2, 0.25) is 0 Å². The van der Waals surface area contributed by atoms with Crippen molar-refractivity contribution in [2.75, 3.05) is 6.61 Å². The molecule has 0 aromatic heterocycles. The highest BCUT2D eigenvalue weighted by atomic mass is 16.3. The summed E-state index contributed by atoms with van der Waals surface area (Å²) < 4.78 is 7.49. The summed E-state index contributed by atoms with van der Waals surface area (Å²) in [6, 6.07) is 18.2. The zero-order valence-electron chi connectivity index (χ0n) is 10.1. The molecule has 0 spiro atoms. The first kappa shape index (κ1) is 9.61. The molecule has 0 saturated carbocycles. The number of aliphatic hydroxyl groups excluding tert-OH is 1. The molecule has 0 fully saturated rings. The lowest BCUT2D eigenvalue weighted by atomic mass is 9.89. The van der Waals surface area contributed by atoms with Gasteiger partial charge < -0.3 is 5.11 Å². The van der Waals surface area contributed by atoms with E-state index in [1.165, 1.54) is 5.56 Å². The number of rotatable bonds is 4. The third-order valence-corrected chi connectivity index (χ3v) is 2.77. The Balaban J connectivity index is 2.32. The second-order valence-electron chi connectivity index (χ2n) is 3.81. The highest BCUT2D eigenvalue weighted by Gasteiger charge is 2.12. The molecule has 1 unspecified atom stereocenters. The van der Waals surface area contributed by atoms with E-state index in [0.29, 0.717) is 12.5 Å². The predicted molar refractivity (Wildman–Crippen MR) is 66.4 cm³/mol. The molecule has 0 heterocycles. The Morgan fingerprint density at radius 1 is 0.938 bits per heavy atom. The fraction of sp³-hybridized carbons (Fsp3) is 0.200. The third-order valence-electron chi connectivity index (χ3n) is 2.77. The predicted octanol–water partition coefficient (Wildman–Crippen LogP) is 3.20. The molecule has 2 aromatic carbocycles. The van der Waals surface area contributed by atoms with Crippen LogP contribution in [0.5, 0.6) is 0 Å². The molecule has 1 N–H and O–H groups in total. The van der Waals surface area contributed by atoms with Gasteiger partial charge >= 0.3 is 0 Å². The Morgan fingerprint density at radius 2 is 1.50 bits per heavy atom. The molecule has 0 saturated heterocycles. The van der Waals surface area contributed by atoms with Crippen molar-refractivity contribution in [3.63, 3.8) is 0 Å². The van der Waals surface area contributed by atoms with E-state index in [4.69, 9.17) is 1.37 Å². The van der Waals surface area contributed by atoms with Crippen molar-refractivity contribution in [1.29, 1.82) is 0 Å². The van der Waals surface area contributed by atoms with Crippen LogP contribution < -0.4 is 0 Å². The fourth-order valence-electron chi connectivity index (χ4n) is 1.97. The van der Waals surface area contributed by atoms with Crippen LogP contribution in [-0.4, -0.2) is 11.7 Å². The van der Waals surface area contributed by atoms with Gasteiger partial charge in [0, 0.05) is 12.5 Å². The summed E-state index contributed by atoms with van der Waals surface area (Å²) >= 11 is 0. The normalized spacial score (nSPS) is 13.2. The van der Waals surface area contributed by atoms with Gasteiger partial charge in [0.05, 0.1) is 1.37 Å². The molecule has 16 heavy (non-hydrogen) atoms. The Labute approximate surface area is 97.8 Å². The summed E-state index contributed by atoms with van der Waals surface area (Å²) in [6.07, 6.45) is 0.710. The zero-order chi connectivity index (χ0) is 12.1. The van der Waals surface area contributed by atoms with Crippen molar-refractivity contribution in [3.8, 4) is 0 Å². The van der Waals surface area contributed by atoms with E-state index < -0.39 is 0 Å². The minimum absolute atomic E-state index is 0.169. The van der Waals surface area contributed by atoms with Gasteiger partial charge in [0.1, 0.15) is 0 Å².